The lowest BCUT2D eigenvalue weighted by Gasteiger charge is -2.18. The van der Waals surface area contributed by atoms with E-state index in [4.69, 9.17) is 5.26 Å². The molecule has 0 radical (unpaired) electrons. The molecule has 1 aliphatic heterocycles. The van der Waals surface area contributed by atoms with E-state index in [0.29, 0.717) is 9.21 Å². The Bertz CT molecular complexity index is 682. The fraction of sp³-hybridized carbons (Fsp3) is 0.400. The Kier molecular flexibility index (Phi) is 3.75. The Labute approximate surface area is 120 Å². The summed E-state index contributed by atoms with van der Waals surface area (Å²) < 4.78 is 28.6. The van der Waals surface area contributed by atoms with Gasteiger partial charge in [-0.25, -0.2) is 0 Å². The van der Waals surface area contributed by atoms with E-state index in [1.165, 1.54) is 23.1 Å². The van der Waals surface area contributed by atoms with Crippen molar-refractivity contribution in [3.63, 3.8) is 0 Å². The van der Waals surface area contributed by atoms with Gasteiger partial charge >= 0.3 is 0 Å². The van der Waals surface area contributed by atoms with Gasteiger partial charge in [0.05, 0.1) is 9.77 Å². The van der Waals surface area contributed by atoms with Crippen LogP contribution in [0.4, 0.5) is 5.00 Å². The van der Waals surface area contributed by atoms with Crippen molar-refractivity contribution in [2.45, 2.75) is 29.0 Å². The summed E-state index contributed by atoms with van der Waals surface area (Å²) in [6, 6.07) is 2.00. The summed E-state index contributed by atoms with van der Waals surface area (Å²) in [7, 11) is -3.83. The summed E-state index contributed by atoms with van der Waals surface area (Å²) in [5.74, 6) is 0.195. The van der Waals surface area contributed by atoms with E-state index in [2.05, 4.69) is 15.0 Å². The van der Waals surface area contributed by atoms with Gasteiger partial charge in [0.15, 0.2) is 0 Å². The van der Waals surface area contributed by atoms with E-state index in [1.54, 1.807) is 6.26 Å². The van der Waals surface area contributed by atoms with Gasteiger partial charge < -0.3 is 10.6 Å². The first-order valence-corrected chi connectivity index (χ1v) is 8.86. The highest BCUT2D eigenvalue weighted by molar-refractivity contribution is 8.00. The Hall–Kier alpha value is -1.24. The largest absolute Gasteiger partial charge is 0.353 e. The number of thioether (sulfide) groups is 1. The average molecular weight is 316 g/mol. The summed E-state index contributed by atoms with van der Waals surface area (Å²) in [6.45, 7) is 3.77. The lowest BCUT2D eigenvalue weighted by molar-refractivity contribution is 0.597. The van der Waals surface area contributed by atoms with Crippen LogP contribution < -0.4 is 10.6 Å². The van der Waals surface area contributed by atoms with Crippen LogP contribution in [-0.2, 0) is 10.0 Å². The molecule has 0 unspecified atom stereocenters. The predicted molar refractivity (Wildman–Crippen MR) is 77.3 cm³/mol. The normalized spacial score (nSPS) is 16.3. The van der Waals surface area contributed by atoms with Crippen molar-refractivity contribution in [2.75, 3.05) is 11.6 Å². The lowest BCUT2D eigenvalue weighted by Crippen LogP contribution is -2.38. The molecule has 0 saturated heterocycles. The smallest absolute Gasteiger partial charge is 0.289 e. The number of sulfonamides is 1. The van der Waals surface area contributed by atoms with Gasteiger partial charge in [-0.05, 0) is 20.1 Å². The van der Waals surface area contributed by atoms with Crippen LogP contribution in [0, 0.1) is 11.3 Å². The highest BCUT2D eigenvalue weighted by Gasteiger charge is 2.33. The molecule has 2 heterocycles. The van der Waals surface area contributed by atoms with Crippen LogP contribution in [0.5, 0.6) is 0 Å². The second-order valence-electron chi connectivity index (χ2n) is 4.08. The first kappa shape index (κ1) is 14.2. The van der Waals surface area contributed by atoms with Crippen LogP contribution in [0.1, 0.15) is 19.4 Å². The molecule has 0 saturated carbocycles. The van der Waals surface area contributed by atoms with E-state index in [0.717, 1.165) is 0 Å². The number of anilines is 1. The highest BCUT2D eigenvalue weighted by atomic mass is 32.2. The molecular weight excluding hydrogens is 304 g/mol. The number of hydrogen-bond acceptors (Lipinski definition) is 7. The molecule has 0 atom stereocenters. The first-order chi connectivity index (χ1) is 8.89. The van der Waals surface area contributed by atoms with E-state index < -0.39 is 10.0 Å². The van der Waals surface area contributed by atoms with Crippen LogP contribution in [0.3, 0.4) is 0 Å². The van der Waals surface area contributed by atoms with Gasteiger partial charge in [0.25, 0.3) is 10.0 Å². The van der Waals surface area contributed by atoms with Crippen LogP contribution in [-0.4, -0.2) is 26.7 Å². The first-order valence-electron chi connectivity index (χ1n) is 5.38. The monoisotopic (exact) mass is 316 g/mol. The molecule has 102 valence electrons. The number of rotatable bonds is 2. The zero-order valence-electron chi connectivity index (χ0n) is 10.5. The van der Waals surface area contributed by atoms with Crippen molar-refractivity contribution >= 4 is 44.1 Å². The molecule has 2 N–H and O–H groups in total. The second kappa shape index (κ2) is 5.03. The molecule has 0 amide bonds. The minimum Gasteiger partial charge on any atom is -0.353 e. The van der Waals surface area contributed by atoms with Gasteiger partial charge in [-0.1, -0.05) is 0 Å². The van der Waals surface area contributed by atoms with Crippen molar-refractivity contribution in [1.82, 2.24) is 5.32 Å². The molecule has 1 aliphatic rings. The maximum Gasteiger partial charge on any atom is 0.289 e. The predicted octanol–water partition coefficient (Wildman–Crippen LogP) is 1.81. The molecule has 6 nitrogen and oxygen atoms in total. The minimum atomic E-state index is -3.83. The van der Waals surface area contributed by atoms with Crippen molar-refractivity contribution in [3.05, 3.63) is 5.56 Å². The quantitative estimate of drug-likeness (QED) is 0.808. The fourth-order valence-corrected chi connectivity index (χ4v) is 5.00. The number of nitriles is 1. The maximum atomic E-state index is 12.2. The van der Waals surface area contributed by atoms with E-state index in [1.807, 2.05) is 19.9 Å². The molecule has 1 aromatic heterocycles. The lowest BCUT2D eigenvalue weighted by atomic mass is 10.3. The van der Waals surface area contributed by atoms with Gasteiger partial charge in [0.1, 0.15) is 16.0 Å². The maximum absolute atomic E-state index is 12.2. The molecule has 0 fully saturated rings. The summed E-state index contributed by atoms with van der Waals surface area (Å²) in [5.41, 5.74) is 0.173. The Balaban J connectivity index is 2.56. The van der Waals surface area contributed by atoms with Crippen LogP contribution in [0.25, 0.3) is 0 Å². The van der Waals surface area contributed by atoms with Crippen molar-refractivity contribution in [3.8, 4) is 6.07 Å². The third-order valence-corrected chi connectivity index (χ3v) is 5.96. The Morgan fingerprint density at radius 3 is 2.74 bits per heavy atom. The molecule has 1 aromatic rings. The standard InChI is InChI=1S/C10H12N4O2S3/c1-5(2)12-10-13-8-7(19(15,16)14-10)6(4-11)9(17-3)18-8/h5H,1-3H3,(H2,12,13,14). The zero-order chi connectivity index (χ0) is 14.2. The van der Waals surface area contributed by atoms with Crippen molar-refractivity contribution < 1.29 is 8.42 Å². The summed E-state index contributed by atoms with van der Waals surface area (Å²) >= 11 is 2.60. The van der Waals surface area contributed by atoms with Gasteiger partial charge in [-0.2, -0.15) is 13.7 Å². The Morgan fingerprint density at radius 1 is 1.53 bits per heavy atom. The summed E-state index contributed by atoms with van der Waals surface area (Å²) in [4.78, 5) is -0.0151. The molecule has 2 rings (SSSR count). The SMILES string of the molecule is CSc1sc2c(c1C#N)S(=O)(=O)N=C(NC(C)C)N2. The van der Waals surface area contributed by atoms with Crippen LogP contribution >= 0.6 is 23.1 Å². The Morgan fingerprint density at radius 2 is 2.21 bits per heavy atom. The number of nitrogens with one attached hydrogen (secondary N) is 2. The highest BCUT2D eigenvalue weighted by Crippen LogP contribution is 2.43. The van der Waals surface area contributed by atoms with E-state index in [9.17, 15) is 8.42 Å². The molecule has 0 bridgehead atoms. The van der Waals surface area contributed by atoms with E-state index in [-0.39, 0.29) is 22.5 Å². The topological polar surface area (TPSA) is 94.3 Å². The number of thiophene rings is 1. The number of fused-ring (bicyclic) bond motifs is 1. The third kappa shape index (κ3) is 2.56. The number of hydrogen-bond donors (Lipinski definition) is 2. The van der Waals surface area contributed by atoms with Crippen molar-refractivity contribution in [2.24, 2.45) is 4.40 Å². The van der Waals surface area contributed by atoms with Crippen LogP contribution in [0.15, 0.2) is 13.5 Å². The summed E-state index contributed by atoms with van der Waals surface area (Å²) in [5, 5.41) is 15.4. The molecule has 0 aromatic carbocycles. The van der Waals surface area contributed by atoms with Gasteiger partial charge in [-0.3, -0.25) is 0 Å². The van der Waals surface area contributed by atoms with E-state index >= 15 is 0 Å². The van der Waals surface area contributed by atoms with Gasteiger partial charge in [0, 0.05) is 6.04 Å². The molecule has 0 aliphatic carbocycles. The molecule has 0 spiro atoms. The third-order valence-electron chi connectivity index (χ3n) is 2.26. The van der Waals surface area contributed by atoms with Crippen LogP contribution in [0.2, 0.25) is 0 Å². The molecule has 9 heteroatoms. The minimum absolute atomic E-state index is 0.0151. The van der Waals surface area contributed by atoms with Gasteiger partial charge in [0.2, 0.25) is 5.96 Å². The van der Waals surface area contributed by atoms with Gasteiger partial charge in [-0.15, -0.1) is 27.5 Å². The number of nitrogens with zero attached hydrogens (tertiary/aromatic N) is 2. The number of guanidine groups is 1. The zero-order valence-corrected chi connectivity index (χ0v) is 13.0. The average Bonchev–Trinajstić information content (AvgIpc) is 2.65. The second-order valence-corrected chi connectivity index (χ2v) is 7.71. The molecule has 19 heavy (non-hydrogen) atoms. The summed E-state index contributed by atoms with van der Waals surface area (Å²) in [6.07, 6.45) is 1.80. The van der Waals surface area contributed by atoms with Crippen molar-refractivity contribution in [1.29, 1.82) is 5.26 Å². The fourth-order valence-electron chi connectivity index (χ4n) is 1.60. The molecular formula is C10H12N4O2S3.